The minimum absolute atomic E-state index is 0.0528. The summed E-state index contributed by atoms with van der Waals surface area (Å²) >= 11 is 7.22. The maximum atomic E-state index is 12.3. The lowest BCUT2D eigenvalue weighted by molar-refractivity contribution is 0.0994. The zero-order valence-corrected chi connectivity index (χ0v) is 12.4. The molecule has 1 aliphatic rings. The first-order chi connectivity index (χ1) is 9.65. The highest BCUT2D eigenvalue weighted by molar-refractivity contribution is 8.00. The minimum Gasteiger partial charge on any atom is -0.293 e. The van der Waals surface area contributed by atoms with Gasteiger partial charge in [-0.1, -0.05) is 23.4 Å². The summed E-state index contributed by atoms with van der Waals surface area (Å²) in [7, 11) is 0. The van der Waals surface area contributed by atoms with E-state index in [1.807, 2.05) is 11.6 Å². The zero-order chi connectivity index (χ0) is 14.1. The van der Waals surface area contributed by atoms with E-state index >= 15 is 0 Å². The Kier molecular flexibility index (Phi) is 3.76. The molecule has 0 bridgehead atoms. The number of hydrogen-bond donors (Lipinski definition) is 0. The van der Waals surface area contributed by atoms with Gasteiger partial charge in [-0.2, -0.15) is 0 Å². The molecule has 5 nitrogen and oxygen atoms in total. The number of carbonyl (C=O) groups excluding carboxylic acids is 1. The molecule has 1 aromatic heterocycles. The summed E-state index contributed by atoms with van der Waals surface area (Å²) in [5.41, 5.74) is 0.653. The van der Waals surface area contributed by atoms with Crippen molar-refractivity contribution >= 4 is 29.1 Å². The Morgan fingerprint density at radius 3 is 2.75 bits per heavy atom. The van der Waals surface area contributed by atoms with Crippen LogP contribution < -0.4 is 0 Å². The molecule has 3 rings (SSSR count). The van der Waals surface area contributed by atoms with Gasteiger partial charge in [-0.15, -0.1) is 5.10 Å². The summed E-state index contributed by atoms with van der Waals surface area (Å²) in [5, 5.41) is 12.8. The highest BCUT2D eigenvalue weighted by atomic mass is 35.5. The normalized spacial score (nSPS) is 16.1. The van der Waals surface area contributed by atoms with Crippen LogP contribution in [-0.4, -0.2) is 31.2 Å². The Morgan fingerprint density at radius 2 is 2.10 bits per heavy atom. The van der Waals surface area contributed by atoms with Crippen LogP contribution in [-0.2, 0) is 0 Å². The molecule has 0 saturated heterocycles. The number of rotatable bonds is 5. The van der Waals surface area contributed by atoms with Crippen molar-refractivity contribution in [3.05, 3.63) is 34.9 Å². The fourth-order valence-electron chi connectivity index (χ4n) is 1.87. The Bertz CT molecular complexity index is 624. The van der Waals surface area contributed by atoms with E-state index in [1.165, 1.54) is 11.8 Å². The van der Waals surface area contributed by atoms with E-state index in [-0.39, 0.29) is 11.0 Å². The molecule has 0 spiro atoms. The van der Waals surface area contributed by atoms with Gasteiger partial charge in [0.2, 0.25) is 5.16 Å². The third-order valence-corrected chi connectivity index (χ3v) is 4.43. The van der Waals surface area contributed by atoms with Gasteiger partial charge in [0, 0.05) is 10.6 Å². The molecule has 20 heavy (non-hydrogen) atoms. The number of hydrogen-bond acceptors (Lipinski definition) is 5. The molecule has 0 amide bonds. The molecule has 7 heteroatoms. The van der Waals surface area contributed by atoms with Crippen molar-refractivity contribution < 1.29 is 4.79 Å². The molecule has 2 aromatic rings. The Hall–Kier alpha value is -1.40. The monoisotopic (exact) mass is 308 g/mol. The van der Waals surface area contributed by atoms with Gasteiger partial charge in [0.15, 0.2) is 5.78 Å². The minimum atomic E-state index is -0.236. The Morgan fingerprint density at radius 1 is 1.40 bits per heavy atom. The Balaban J connectivity index is 1.72. The molecular formula is C13H13ClN4OS. The molecule has 0 N–H and O–H groups in total. The van der Waals surface area contributed by atoms with E-state index in [0.717, 1.165) is 12.8 Å². The summed E-state index contributed by atoms with van der Waals surface area (Å²) in [5.74, 6) is 0.0528. The van der Waals surface area contributed by atoms with Crippen LogP contribution in [0.25, 0.3) is 0 Å². The van der Waals surface area contributed by atoms with Gasteiger partial charge in [-0.05, 0) is 54.5 Å². The van der Waals surface area contributed by atoms with Crippen LogP contribution >= 0.6 is 23.4 Å². The number of halogens is 1. The third kappa shape index (κ3) is 2.86. The summed E-state index contributed by atoms with van der Waals surface area (Å²) in [6.45, 7) is 1.87. The van der Waals surface area contributed by atoms with Crippen molar-refractivity contribution in [3.63, 3.8) is 0 Å². The van der Waals surface area contributed by atoms with Crippen LogP contribution in [0.1, 0.15) is 36.2 Å². The van der Waals surface area contributed by atoms with Crippen molar-refractivity contribution in [1.29, 1.82) is 0 Å². The average Bonchev–Trinajstić information content (AvgIpc) is 3.19. The highest BCUT2D eigenvalue weighted by Gasteiger charge is 2.29. The van der Waals surface area contributed by atoms with Crippen LogP contribution in [0.15, 0.2) is 29.4 Å². The Labute approximate surface area is 125 Å². The van der Waals surface area contributed by atoms with E-state index in [9.17, 15) is 4.79 Å². The molecule has 1 heterocycles. The van der Waals surface area contributed by atoms with E-state index in [4.69, 9.17) is 11.6 Å². The van der Waals surface area contributed by atoms with Crippen molar-refractivity contribution in [2.75, 3.05) is 0 Å². The predicted molar refractivity (Wildman–Crippen MR) is 77.2 cm³/mol. The standard InChI is InChI=1S/C13H13ClN4OS/c1-8(12(19)9-2-4-10(14)5-3-9)20-13-15-16-17-18(13)11-6-7-11/h2-5,8,11H,6-7H2,1H3/t8-/m0/s1. The number of benzene rings is 1. The summed E-state index contributed by atoms with van der Waals surface area (Å²) in [6.07, 6.45) is 2.22. The first kappa shape index (κ1) is 13.6. The number of ketones is 1. The fourth-order valence-corrected chi connectivity index (χ4v) is 2.93. The average molecular weight is 309 g/mol. The first-order valence-electron chi connectivity index (χ1n) is 6.39. The first-order valence-corrected chi connectivity index (χ1v) is 7.65. The quantitative estimate of drug-likeness (QED) is 0.627. The summed E-state index contributed by atoms with van der Waals surface area (Å²) in [6, 6.07) is 7.34. The predicted octanol–water partition coefficient (Wildman–Crippen LogP) is 3.02. The molecule has 1 saturated carbocycles. The lowest BCUT2D eigenvalue weighted by atomic mass is 10.1. The molecule has 1 aliphatic carbocycles. The van der Waals surface area contributed by atoms with Crippen molar-refractivity contribution in [2.24, 2.45) is 0 Å². The van der Waals surface area contributed by atoms with Gasteiger partial charge in [0.25, 0.3) is 0 Å². The smallest absolute Gasteiger partial charge is 0.210 e. The number of Topliss-reactive ketones (excluding diaryl/α,β-unsaturated/α-hetero) is 1. The van der Waals surface area contributed by atoms with Gasteiger partial charge >= 0.3 is 0 Å². The van der Waals surface area contributed by atoms with Gasteiger partial charge in [-0.25, -0.2) is 4.68 Å². The number of tetrazole rings is 1. The highest BCUT2D eigenvalue weighted by Crippen LogP contribution is 2.37. The molecule has 0 aliphatic heterocycles. The molecule has 1 fully saturated rings. The second-order valence-electron chi connectivity index (χ2n) is 4.77. The second-order valence-corrected chi connectivity index (χ2v) is 6.51. The number of aromatic nitrogens is 4. The number of thioether (sulfide) groups is 1. The SMILES string of the molecule is C[C@H](Sc1nnnn1C1CC1)C(=O)c1ccc(Cl)cc1. The van der Waals surface area contributed by atoms with E-state index in [0.29, 0.717) is 21.8 Å². The fraction of sp³-hybridized carbons (Fsp3) is 0.385. The van der Waals surface area contributed by atoms with Gasteiger partial charge in [-0.3, -0.25) is 4.79 Å². The molecule has 0 unspecified atom stereocenters. The summed E-state index contributed by atoms with van der Waals surface area (Å²) < 4.78 is 1.82. The van der Waals surface area contributed by atoms with Gasteiger partial charge < -0.3 is 0 Å². The van der Waals surface area contributed by atoms with E-state index in [2.05, 4.69) is 15.5 Å². The molecular weight excluding hydrogens is 296 g/mol. The molecule has 1 aromatic carbocycles. The molecule has 1 atom stereocenters. The molecule has 0 radical (unpaired) electrons. The van der Waals surface area contributed by atoms with Gasteiger partial charge in [0.1, 0.15) is 0 Å². The van der Waals surface area contributed by atoms with Crippen LogP contribution in [0.4, 0.5) is 0 Å². The zero-order valence-electron chi connectivity index (χ0n) is 10.9. The lowest BCUT2D eigenvalue weighted by Crippen LogP contribution is -2.14. The van der Waals surface area contributed by atoms with Crippen molar-refractivity contribution in [3.8, 4) is 0 Å². The maximum absolute atomic E-state index is 12.3. The van der Waals surface area contributed by atoms with Gasteiger partial charge in [0.05, 0.1) is 11.3 Å². The van der Waals surface area contributed by atoms with Crippen molar-refractivity contribution in [1.82, 2.24) is 20.2 Å². The van der Waals surface area contributed by atoms with E-state index < -0.39 is 0 Å². The van der Waals surface area contributed by atoms with Crippen LogP contribution in [0, 0.1) is 0 Å². The second kappa shape index (κ2) is 5.54. The van der Waals surface area contributed by atoms with Crippen LogP contribution in [0.2, 0.25) is 5.02 Å². The van der Waals surface area contributed by atoms with Crippen LogP contribution in [0.3, 0.4) is 0 Å². The van der Waals surface area contributed by atoms with E-state index in [1.54, 1.807) is 24.3 Å². The topological polar surface area (TPSA) is 60.7 Å². The number of nitrogens with zero attached hydrogens (tertiary/aromatic N) is 4. The largest absolute Gasteiger partial charge is 0.293 e. The number of carbonyl (C=O) groups is 1. The maximum Gasteiger partial charge on any atom is 0.210 e. The summed E-state index contributed by atoms with van der Waals surface area (Å²) in [4.78, 5) is 12.3. The lowest BCUT2D eigenvalue weighted by Gasteiger charge is -2.09. The third-order valence-electron chi connectivity index (χ3n) is 3.14. The molecule has 104 valence electrons. The van der Waals surface area contributed by atoms with Crippen LogP contribution in [0.5, 0.6) is 0 Å². The van der Waals surface area contributed by atoms with Crippen molar-refractivity contribution in [2.45, 2.75) is 36.2 Å².